The van der Waals surface area contributed by atoms with Crippen molar-refractivity contribution < 1.29 is 4.74 Å². The summed E-state index contributed by atoms with van der Waals surface area (Å²) < 4.78 is 6.01. The zero-order chi connectivity index (χ0) is 15.6. The predicted molar refractivity (Wildman–Crippen MR) is 107 cm³/mol. The standard InChI is InChI=1S/C18H33N3O.HI/c1-4-19-17(20-11-5-7-13(2)3)21-15-14-8-12-22-16(14)18(15)9-6-10-18;/h13-16H,4-12H2,1-3H3,(H2,19,20,21);1H. The molecule has 4 nitrogen and oxygen atoms in total. The Morgan fingerprint density at radius 2 is 2.13 bits per heavy atom. The van der Waals surface area contributed by atoms with Crippen LogP contribution in [0.25, 0.3) is 0 Å². The Balaban J connectivity index is 0.00000192. The molecule has 1 heterocycles. The van der Waals surface area contributed by atoms with Crippen LogP contribution in [-0.2, 0) is 4.74 Å². The highest BCUT2D eigenvalue weighted by atomic mass is 127. The fourth-order valence-electron chi connectivity index (χ4n) is 4.61. The molecule has 3 rings (SSSR count). The Morgan fingerprint density at radius 1 is 1.35 bits per heavy atom. The Labute approximate surface area is 158 Å². The number of hydrogen-bond acceptors (Lipinski definition) is 2. The second kappa shape index (κ2) is 8.37. The largest absolute Gasteiger partial charge is 0.377 e. The third-order valence-corrected chi connectivity index (χ3v) is 5.88. The monoisotopic (exact) mass is 435 g/mol. The van der Waals surface area contributed by atoms with E-state index in [1.165, 1.54) is 38.5 Å². The van der Waals surface area contributed by atoms with Gasteiger partial charge in [-0.05, 0) is 44.9 Å². The lowest BCUT2D eigenvalue weighted by Crippen LogP contribution is -2.72. The minimum absolute atomic E-state index is 0. The maximum absolute atomic E-state index is 6.01. The number of ether oxygens (including phenoxy) is 1. The molecule has 23 heavy (non-hydrogen) atoms. The molecule has 3 atom stereocenters. The number of fused-ring (bicyclic) bond motifs is 2. The SMILES string of the molecule is CCNC(=NCCCC(C)C)NC1C2CCOC2C12CCC2.I. The number of nitrogens with one attached hydrogen (secondary N) is 2. The molecular formula is C18H34IN3O. The molecular weight excluding hydrogens is 401 g/mol. The summed E-state index contributed by atoms with van der Waals surface area (Å²) in [5.41, 5.74) is 0.426. The van der Waals surface area contributed by atoms with Crippen molar-refractivity contribution in [2.24, 2.45) is 22.2 Å². The molecule has 0 amide bonds. The number of hydrogen-bond donors (Lipinski definition) is 2. The lowest BCUT2D eigenvalue weighted by atomic mass is 9.46. The third kappa shape index (κ3) is 3.80. The van der Waals surface area contributed by atoms with Gasteiger partial charge in [0, 0.05) is 37.1 Å². The minimum Gasteiger partial charge on any atom is -0.377 e. The van der Waals surface area contributed by atoms with Gasteiger partial charge in [-0.2, -0.15) is 0 Å². The van der Waals surface area contributed by atoms with E-state index in [-0.39, 0.29) is 24.0 Å². The van der Waals surface area contributed by atoms with Crippen LogP contribution in [0.3, 0.4) is 0 Å². The molecule has 2 aliphatic carbocycles. The molecule has 3 fully saturated rings. The lowest BCUT2D eigenvalue weighted by molar-refractivity contribution is -0.171. The van der Waals surface area contributed by atoms with Crippen LogP contribution in [0, 0.1) is 17.3 Å². The molecule has 5 heteroatoms. The van der Waals surface area contributed by atoms with E-state index in [0.717, 1.165) is 31.6 Å². The summed E-state index contributed by atoms with van der Waals surface area (Å²) in [5, 5.41) is 7.20. The predicted octanol–water partition coefficient (Wildman–Crippen LogP) is 3.55. The smallest absolute Gasteiger partial charge is 0.191 e. The van der Waals surface area contributed by atoms with Crippen LogP contribution in [0.2, 0.25) is 0 Å². The van der Waals surface area contributed by atoms with Crippen molar-refractivity contribution in [3.63, 3.8) is 0 Å². The van der Waals surface area contributed by atoms with E-state index in [9.17, 15) is 0 Å². The summed E-state index contributed by atoms with van der Waals surface area (Å²) in [6.07, 6.45) is 8.22. The second-order valence-corrected chi connectivity index (χ2v) is 7.75. The fraction of sp³-hybridized carbons (Fsp3) is 0.944. The number of nitrogens with zero attached hydrogens (tertiary/aromatic N) is 1. The molecule has 134 valence electrons. The number of guanidine groups is 1. The maximum Gasteiger partial charge on any atom is 0.191 e. The zero-order valence-corrected chi connectivity index (χ0v) is 17.3. The van der Waals surface area contributed by atoms with Gasteiger partial charge >= 0.3 is 0 Å². The van der Waals surface area contributed by atoms with E-state index in [1.807, 2.05) is 0 Å². The molecule has 0 aromatic carbocycles. The Kier molecular flexibility index (Phi) is 7.01. The molecule has 0 bridgehead atoms. The van der Waals surface area contributed by atoms with Crippen molar-refractivity contribution in [1.29, 1.82) is 0 Å². The molecule has 0 aromatic rings. The summed E-state index contributed by atoms with van der Waals surface area (Å²) in [6, 6.07) is 0.580. The highest BCUT2D eigenvalue weighted by molar-refractivity contribution is 14.0. The third-order valence-electron chi connectivity index (χ3n) is 5.88. The van der Waals surface area contributed by atoms with Crippen molar-refractivity contribution in [3.05, 3.63) is 0 Å². The van der Waals surface area contributed by atoms with E-state index < -0.39 is 0 Å². The Morgan fingerprint density at radius 3 is 2.74 bits per heavy atom. The first kappa shape index (κ1) is 19.3. The van der Waals surface area contributed by atoms with Crippen LogP contribution in [0.1, 0.15) is 59.3 Å². The Bertz CT molecular complexity index is 409. The number of halogens is 1. The summed E-state index contributed by atoms with van der Waals surface area (Å²) in [4.78, 5) is 4.80. The normalized spacial score (nSPS) is 31.1. The van der Waals surface area contributed by atoms with Crippen molar-refractivity contribution in [2.45, 2.75) is 71.4 Å². The van der Waals surface area contributed by atoms with Gasteiger partial charge in [-0.25, -0.2) is 0 Å². The summed E-state index contributed by atoms with van der Waals surface area (Å²) in [6.45, 7) is 9.52. The van der Waals surface area contributed by atoms with Gasteiger partial charge in [0.2, 0.25) is 0 Å². The average Bonchev–Trinajstić information content (AvgIpc) is 2.84. The summed E-state index contributed by atoms with van der Waals surface area (Å²) >= 11 is 0. The molecule has 2 N–H and O–H groups in total. The van der Waals surface area contributed by atoms with Gasteiger partial charge < -0.3 is 15.4 Å². The Hall–Kier alpha value is -0.0400. The van der Waals surface area contributed by atoms with Crippen molar-refractivity contribution in [2.75, 3.05) is 19.7 Å². The van der Waals surface area contributed by atoms with Crippen LogP contribution in [0.5, 0.6) is 0 Å². The van der Waals surface area contributed by atoms with Gasteiger partial charge in [-0.1, -0.05) is 20.3 Å². The molecule has 1 aliphatic heterocycles. The summed E-state index contributed by atoms with van der Waals surface area (Å²) in [7, 11) is 0. The molecule has 3 unspecified atom stereocenters. The van der Waals surface area contributed by atoms with Crippen LogP contribution >= 0.6 is 24.0 Å². The van der Waals surface area contributed by atoms with Gasteiger partial charge in [0.05, 0.1) is 6.10 Å². The van der Waals surface area contributed by atoms with E-state index in [4.69, 9.17) is 9.73 Å². The average molecular weight is 435 g/mol. The van der Waals surface area contributed by atoms with Crippen LogP contribution in [0.4, 0.5) is 0 Å². The first-order chi connectivity index (χ1) is 10.7. The molecule has 2 saturated carbocycles. The second-order valence-electron chi connectivity index (χ2n) is 7.75. The van der Waals surface area contributed by atoms with E-state index >= 15 is 0 Å². The molecule has 0 aromatic heterocycles. The zero-order valence-electron chi connectivity index (χ0n) is 14.9. The molecule has 1 spiro atoms. The van der Waals surface area contributed by atoms with Gasteiger partial charge in [0.1, 0.15) is 0 Å². The first-order valence-corrected chi connectivity index (χ1v) is 9.34. The van der Waals surface area contributed by atoms with Gasteiger partial charge in [0.25, 0.3) is 0 Å². The lowest BCUT2D eigenvalue weighted by Gasteiger charge is -2.63. The molecule has 1 saturated heterocycles. The highest BCUT2D eigenvalue weighted by Gasteiger charge is 2.66. The van der Waals surface area contributed by atoms with Gasteiger partial charge in [-0.15, -0.1) is 24.0 Å². The highest BCUT2D eigenvalue weighted by Crippen LogP contribution is 2.62. The van der Waals surface area contributed by atoms with Gasteiger partial charge in [-0.3, -0.25) is 4.99 Å². The van der Waals surface area contributed by atoms with Crippen LogP contribution < -0.4 is 10.6 Å². The summed E-state index contributed by atoms with van der Waals surface area (Å²) in [5.74, 6) is 2.50. The number of aliphatic imine (C=N–C) groups is 1. The number of rotatable bonds is 6. The van der Waals surface area contributed by atoms with Crippen molar-refractivity contribution in [1.82, 2.24) is 10.6 Å². The topological polar surface area (TPSA) is 45.7 Å². The first-order valence-electron chi connectivity index (χ1n) is 9.34. The molecule has 0 radical (unpaired) electrons. The van der Waals surface area contributed by atoms with E-state index in [1.54, 1.807) is 0 Å². The van der Waals surface area contributed by atoms with E-state index in [0.29, 0.717) is 23.5 Å². The quantitative estimate of drug-likeness (QED) is 0.290. The molecule has 3 aliphatic rings. The fourth-order valence-corrected chi connectivity index (χ4v) is 4.61. The maximum atomic E-state index is 6.01. The van der Waals surface area contributed by atoms with Gasteiger partial charge in [0.15, 0.2) is 5.96 Å². The van der Waals surface area contributed by atoms with Crippen LogP contribution in [-0.4, -0.2) is 37.8 Å². The van der Waals surface area contributed by atoms with E-state index in [2.05, 4.69) is 31.4 Å². The van der Waals surface area contributed by atoms with Crippen molar-refractivity contribution >= 4 is 29.9 Å². The van der Waals surface area contributed by atoms with Crippen LogP contribution in [0.15, 0.2) is 4.99 Å². The minimum atomic E-state index is 0. The van der Waals surface area contributed by atoms with Crippen molar-refractivity contribution in [3.8, 4) is 0 Å².